The van der Waals surface area contributed by atoms with Crippen LogP contribution in [-0.4, -0.2) is 48.0 Å². The van der Waals surface area contributed by atoms with E-state index in [1.165, 1.54) is 31.1 Å². The number of rotatable bonds is 13. The third-order valence-corrected chi connectivity index (χ3v) is 3.06. The number of hydrogen-bond donors (Lipinski definition) is 1. The van der Waals surface area contributed by atoms with Gasteiger partial charge in [0.15, 0.2) is 5.12 Å². The van der Waals surface area contributed by atoms with Gasteiger partial charge < -0.3 is 4.74 Å². The molecule has 0 aliphatic carbocycles. The van der Waals surface area contributed by atoms with Gasteiger partial charge in [-0.05, 0) is 13.3 Å². The molecule has 0 rings (SSSR count). The number of unbranched alkanes of at least 4 members (excludes halogenated alkanes) is 5. The first-order valence-corrected chi connectivity index (χ1v) is 9.99. The Morgan fingerprint density at radius 3 is 1.84 bits per heavy atom. The third-order valence-electron chi connectivity index (χ3n) is 2.92. The topological polar surface area (TPSA) is 63.7 Å². The summed E-state index contributed by atoms with van der Waals surface area (Å²) in [6.07, 6.45) is 6.76. The normalized spacial score (nSPS) is 9.44. The first-order valence-electron chi connectivity index (χ1n) is 9.55. The smallest absolute Gasteiger partial charge is 0.320 e. The minimum atomic E-state index is -0.403. The molecule has 0 aromatic heterocycles. The lowest BCUT2D eigenvalue weighted by Crippen LogP contribution is -2.37. The van der Waals surface area contributed by atoms with E-state index in [1.807, 2.05) is 27.7 Å². The molecule has 0 aromatic carbocycles. The van der Waals surface area contributed by atoms with Gasteiger partial charge in [-0.25, -0.2) is 0 Å². The van der Waals surface area contributed by atoms with Gasteiger partial charge in [0.05, 0.1) is 26.2 Å². The van der Waals surface area contributed by atoms with Crippen LogP contribution in [0.3, 0.4) is 0 Å². The van der Waals surface area contributed by atoms with Gasteiger partial charge in [-0.2, -0.15) is 0 Å². The summed E-state index contributed by atoms with van der Waals surface area (Å²) >= 11 is 3.66. The Bertz CT molecular complexity index is 319. The summed E-state index contributed by atoms with van der Waals surface area (Å²) in [5.41, 5.74) is 0. The molecule has 0 atom stereocenters. The van der Waals surface area contributed by atoms with Crippen LogP contribution in [0.1, 0.15) is 80.1 Å². The number of carbonyl (C=O) groups excluding carboxylic acids is 3. The number of esters is 1. The molecule has 150 valence electrons. The zero-order valence-electron chi connectivity index (χ0n) is 17.1. The fourth-order valence-corrected chi connectivity index (χ4v) is 2.17. The summed E-state index contributed by atoms with van der Waals surface area (Å²) < 4.78 is 5.11. The van der Waals surface area contributed by atoms with Crippen molar-refractivity contribution in [1.29, 1.82) is 0 Å². The number of ether oxygens (including phenoxy) is 1. The van der Waals surface area contributed by atoms with E-state index < -0.39 is 5.97 Å². The predicted molar refractivity (Wildman–Crippen MR) is 108 cm³/mol. The van der Waals surface area contributed by atoms with Crippen LogP contribution in [0.15, 0.2) is 0 Å². The highest BCUT2D eigenvalue weighted by Crippen LogP contribution is 2.05. The predicted octanol–water partition coefficient (Wildman–Crippen LogP) is 4.29. The fraction of sp³-hybridized carbons (Fsp3) is 0.842. The van der Waals surface area contributed by atoms with Crippen LogP contribution in [0.5, 0.6) is 0 Å². The molecule has 0 aliphatic heterocycles. The van der Waals surface area contributed by atoms with E-state index in [0.29, 0.717) is 6.61 Å². The Kier molecular flexibility index (Phi) is 26.7. The number of thiol groups is 1. The third kappa shape index (κ3) is 25.5. The maximum absolute atomic E-state index is 11.6. The van der Waals surface area contributed by atoms with Gasteiger partial charge in [0.2, 0.25) is 0 Å². The molecule has 0 N–H and O–H groups in total. The summed E-state index contributed by atoms with van der Waals surface area (Å²) in [4.78, 5) is 35.1. The molecule has 0 aliphatic rings. The highest BCUT2D eigenvalue weighted by atomic mass is 32.1. The molecule has 0 saturated carbocycles. The second-order valence-corrected chi connectivity index (χ2v) is 5.73. The molecule has 0 radical (unpaired) electrons. The summed E-state index contributed by atoms with van der Waals surface area (Å²) in [5, 5.41) is -0.375. The molecule has 0 aromatic rings. The lowest BCUT2D eigenvalue weighted by Gasteiger charge is -2.17. The van der Waals surface area contributed by atoms with Crippen molar-refractivity contribution >= 4 is 29.5 Å². The van der Waals surface area contributed by atoms with E-state index in [9.17, 15) is 14.4 Å². The maximum atomic E-state index is 11.6. The summed E-state index contributed by atoms with van der Waals surface area (Å²) in [6, 6.07) is 0. The van der Waals surface area contributed by atoms with Gasteiger partial charge in [-0.3, -0.25) is 19.3 Å². The van der Waals surface area contributed by atoms with E-state index in [0.717, 1.165) is 19.3 Å². The lowest BCUT2D eigenvalue weighted by molar-refractivity contribution is -0.145. The average molecular weight is 378 g/mol. The van der Waals surface area contributed by atoms with Gasteiger partial charge in [-0.15, -0.1) is 12.6 Å². The fourth-order valence-electron chi connectivity index (χ4n) is 1.97. The number of carbonyl (C=O) groups is 3. The summed E-state index contributed by atoms with van der Waals surface area (Å²) in [6.45, 7) is 11.9. The van der Waals surface area contributed by atoms with Crippen LogP contribution in [0, 0.1) is 0 Å². The molecule has 25 heavy (non-hydrogen) atoms. The molecule has 0 spiro atoms. The van der Waals surface area contributed by atoms with Crippen molar-refractivity contribution in [3.63, 3.8) is 0 Å². The van der Waals surface area contributed by atoms with Crippen molar-refractivity contribution in [2.75, 3.05) is 26.2 Å². The van der Waals surface area contributed by atoms with E-state index >= 15 is 0 Å². The molecule has 6 heteroatoms. The van der Waals surface area contributed by atoms with Crippen LogP contribution < -0.4 is 0 Å². The van der Waals surface area contributed by atoms with Crippen LogP contribution in [0.25, 0.3) is 0 Å². The quantitative estimate of drug-likeness (QED) is 0.295. The summed E-state index contributed by atoms with van der Waals surface area (Å²) in [7, 11) is 0. The number of Topliss-reactive ketones (excluding diaryl/α,β-unsaturated/α-hetero) is 1. The van der Waals surface area contributed by atoms with Gasteiger partial charge >= 0.3 is 5.97 Å². The maximum Gasteiger partial charge on any atom is 0.320 e. The van der Waals surface area contributed by atoms with Gasteiger partial charge in [0, 0.05) is 0 Å². The van der Waals surface area contributed by atoms with Crippen LogP contribution >= 0.6 is 12.6 Å². The van der Waals surface area contributed by atoms with E-state index in [4.69, 9.17) is 4.74 Å². The van der Waals surface area contributed by atoms with Gasteiger partial charge in [0.1, 0.15) is 5.78 Å². The van der Waals surface area contributed by atoms with Crippen molar-refractivity contribution in [2.24, 2.45) is 0 Å². The monoisotopic (exact) mass is 377 g/mol. The molecule has 0 unspecified atom stereocenters. The zero-order valence-corrected chi connectivity index (χ0v) is 18.0. The van der Waals surface area contributed by atoms with Crippen LogP contribution in [0.4, 0.5) is 0 Å². The van der Waals surface area contributed by atoms with Crippen LogP contribution in [-0.2, 0) is 19.1 Å². The van der Waals surface area contributed by atoms with Crippen LogP contribution in [0.2, 0.25) is 0 Å². The Balaban J connectivity index is -0.00000112. The van der Waals surface area contributed by atoms with Crippen molar-refractivity contribution < 1.29 is 19.1 Å². The van der Waals surface area contributed by atoms with E-state index in [-0.39, 0.29) is 30.5 Å². The van der Waals surface area contributed by atoms with Crippen molar-refractivity contribution in [1.82, 2.24) is 4.90 Å². The molecular formula is C19H39NO4S. The first kappa shape index (κ1) is 28.9. The SMILES string of the molecule is CC.CC.CCCCCCCCOC(=O)CN(CC(C)=O)CC(=O)S. The molecule has 0 bridgehead atoms. The van der Waals surface area contributed by atoms with E-state index in [1.54, 1.807) is 0 Å². The lowest BCUT2D eigenvalue weighted by atomic mass is 10.1. The molecule has 0 heterocycles. The molecular weight excluding hydrogens is 338 g/mol. The second kappa shape index (κ2) is 23.1. The number of hydrogen-bond acceptors (Lipinski definition) is 5. The number of nitrogens with zero attached hydrogens (tertiary/aromatic N) is 1. The minimum absolute atomic E-state index is 0.0329. The highest BCUT2D eigenvalue weighted by Gasteiger charge is 2.15. The Hall–Kier alpha value is -0.880. The standard InChI is InChI=1S/C15H27NO4S.2C2H6/c1-3-4-5-6-7-8-9-20-14(18)11-16(10-13(2)17)12-15(19)21;2*1-2/h3-12H2,1-2H3,(H,19,21);2*1-2H3. The van der Waals surface area contributed by atoms with Crippen molar-refractivity contribution in [3.8, 4) is 0 Å². The zero-order chi connectivity index (χ0) is 20.1. The molecule has 0 amide bonds. The molecule has 0 saturated heterocycles. The highest BCUT2D eigenvalue weighted by molar-refractivity contribution is 7.96. The van der Waals surface area contributed by atoms with Crippen molar-refractivity contribution in [2.45, 2.75) is 80.1 Å². The Morgan fingerprint density at radius 2 is 1.36 bits per heavy atom. The second-order valence-electron chi connectivity index (χ2n) is 5.23. The minimum Gasteiger partial charge on any atom is -0.465 e. The van der Waals surface area contributed by atoms with Gasteiger partial charge in [0.25, 0.3) is 0 Å². The molecule has 5 nitrogen and oxygen atoms in total. The number of ketones is 1. The Labute approximate surface area is 160 Å². The summed E-state index contributed by atoms with van der Waals surface area (Å²) in [5.74, 6) is -0.507. The molecule has 0 fully saturated rings. The van der Waals surface area contributed by atoms with E-state index in [2.05, 4.69) is 19.6 Å². The first-order chi connectivity index (χ1) is 12.0. The average Bonchev–Trinajstić information content (AvgIpc) is 2.56. The van der Waals surface area contributed by atoms with Gasteiger partial charge in [-0.1, -0.05) is 66.7 Å². The largest absolute Gasteiger partial charge is 0.465 e. The van der Waals surface area contributed by atoms with Crippen molar-refractivity contribution in [3.05, 3.63) is 0 Å². The Morgan fingerprint density at radius 1 is 0.840 bits per heavy atom.